The van der Waals surface area contributed by atoms with Crippen molar-refractivity contribution in [3.05, 3.63) is 0 Å². The van der Waals surface area contributed by atoms with Crippen molar-refractivity contribution >= 4 is 0 Å². The zero-order valence-corrected chi connectivity index (χ0v) is 8.15. The molecule has 1 aliphatic rings. The largest absolute Gasteiger partial charge is 0.378 e. The van der Waals surface area contributed by atoms with Crippen LogP contribution in [-0.2, 0) is 4.74 Å². The van der Waals surface area contributed by atoms with Gasteiger partial charge in [0.1, 0.15) is 0 Å². The smallest absolute Gasteiger partial charge is 0.249 e. The van der Waals surface area contributed by atoms with Crippen LogP contribution in [0, 0.1) is 5.41 Å². The van der Waals surface area contributed by atoms with Crippen LogP contribution in [0.5, 0.6) is 0 Å². The van der Waals surface area contributed by atoms with E-state index < -0.39 is 11.3 Å². The molecule has 1 saturated carbocycles. The molecule has 1 aliphatic carbocycles. The highest BCUT2D eigenvalue weighted by molar-refractivity contribution is 5.03. The third-order valence-corrected chi connectivity index (χ3v) is 2.91. The van der Waals surface area contributed by atoms with Gasteiger partial charge in [-0.1, -0.05) is 0 Å². The second-order valence-corrected chi connectivity index (χ2v) is 3.87. The molecule has 2 N–H and O–H groups in total. The van der Waals surface area contributed by atoms with Crippen molar-refractivity contribution in [3.63, 3.8) is 0 Å². The average molecular weight is 193 g/mol. The SMILES string of the molecule is CCOC(C)C1(CN)CC(F)(F)C1. The van der Waals surface area contributed by atoms with E-state index in [1.807, 2.05) is 13.8 Å². The number of nitrogens with two attached hydrogens (primary N) is 1. The Morgan fingerprint density at radius 2 is 2.00 bits per heavy atom. The van der Waals surface area contributed by atoms with Crippen molar-refractivity contribution < 1.29 is 13.5 Å². The highest BCUT2D eigenvalue weighted by atomic mass is 19.3. The van der Waals surface area contributed by atoms with Crippen LogP contribution in [0.15, 0.2) is 0 Å². The van der Waals surface area contributed by atoms with Gasteiger partial charge in [-0.3, -0.25) is 0 Å². The number of hydrogen-bond donors (Lipinski definition) is 1. The van der Waals surface area contributed by atoms with Gasteiger partial charge in [0, 0.05) is 31.4 Å². The second kappa shape index (κ2) is 3.50. The zero-order chi connectivity index (χ0) is 10.1. The van der Waals surface area contributed by atoms with Gasteiger partial charge in [0.2, 0.25) is 5.92 Å². The maximum Gasteiger partial charge on any atom is 0.249 e. The molecule has 1 atom stereocenters. The van der Waals surface area contributed by atoms with Gasteiger partial charge in [-0.25, -0.2) is 8.78 Å². The summed E-state index contributed by atoms with van der Waals surface area (Å²) in [4.78, 5) is 0. The standard InChI is InChI=1S/C9H17F2NO/c1-3-13-7(2)8(6-12)4-9(10,11)5-8/h7H,3-6,12H2,1-2H3. The van der Waals surface area contributed by atoms with E-state index in [2.05, 4.69) is 0 Å². The first-order valence-corrected chi connectivity index (χ1v) is 4.65. The van der Waals surface area contributed by atoms with Crippen molar-refractivity contribution in [3.8, 4) is 0 Å². The monoisotopic (exact) mass is 193 g/mol. The molecule has 2 nitrogen and oxygen atoms in total. The Labute approximate surface area is 77.4 Å². The quantitative estimate of drug-likeness (QED) is 0.738. The summed E-state index contributed by atoms with van der Waals surface area (Å²) in [5, 5.41) is 0. The molecule has 0 heterocycles. The van der Waals surface area contributed by atoms with E-state index in [-0.39, 0.29) is 25.5 Å². The summed E-state index contributed by atoms with van der Waals surface area (Å²) in [7, 11) is 0. The molecule has 0 amide bonds. The number of alkyl halides is 2. The number of rotatable bonds is 4. The summed E-state index contributed by atoms with van der Waals surface area (Å²) < 4.78 is 30.7. The van der Waals surface area contributed by atoms with Gasteiger partial charge in [0.05, 0.1) is 6.10 Å². The predicted octanol–water partition coefficient (Wildman–Crippen LogP) is 1.79. The lowest BCUT2D eigenvalue weighted by Crippen LogP contribution is -2.56. The molecular weight excluding hydrogens is 176 g/mol. The second-order valence-electron chi connectivity index (χ2n) is 3.87. The van der Waals surface area contributed by atoms with Crippen LogP contribution in [0.25, 0.3) is 0 Å². The Balaban J connectivity index is 2.54. The molecule has 1 fully saturated rings. The fourth-order valence-corrected chi connectivity index (χ4v) is 2.00. The van der Waals surface area contributed by atoms with E-state index in [0.29, 0.717) is 6.61 Å². The Morgan fingerprint density at radius 3 is 2.31 bits per heavy atom. The summed E-state index contributed by atoms with van der Waals surface area (Å²) in [6, 6.07) is 0. The van der Waals surface area contributed by atoms with E-state index in [1.54, 1.807) is 0 Å². The molecule has 0 aromatic heterocycles. The first kappa shape index (κ1) is 10.9. The minimum absolute atomic E-state index is 0.127. The van der Waals surface area contributed by atoms with Crippen LogP contribution in [0.2, 0.25) is 0 Å². The van der Waals surface area contributed by atoms with Gasteiger partial charge in [-0.15, -0.1) is 0 Å². The maximum absolute atomic E-state index is 12.7. The third kappa shape index (κ3) is 1.99. The molecule has 0 aromatic carbocycles. The summed E-state index contributed by atoms with van der Waals surface area (Å²) in [5.74, 6) is -2.52. The predicted molar refractivity (Wildman–Crippen MR) is 46.8 cm³/mol. The minimum atomic E-state index is -2.52. The molecule has 78 valence electrons. The lowest BCUT2D eigenvalue weighted by atomic mass is 9.63. The van der Waals surface area contributed by atoms with E-state index >= 15 is 0 Å². The van der Waals surface area contributed by atoms with E-state index in [1.165, 1.54) is 0 Å². The summed E-state index contributed by atoms with van der Waals surface area (Å²) in [6.45, 7) is 4.52. The minimum Gasteiger partial charge on any atom is -0.378 e. The topological polar surface area (TPSA) is 35.2 Å². The molecule has 1 rings (SSSR count). The highest BCUT2D eigenvalue weighted by Crippen LogP contribution is 2.53. The zero-order valence-electron chi connectivity index (χ0n) is 8.15. The highest BCUT2D eigenvalue weighted by Gasteiger charge is 2.58. The van der Waals surface area contributed by atoms with Gasteiger partial charge in [0.15, 0.2) is 0 Å². The first-order chi connectivity index (χ1) is 5.96. The van der Waals surface area contributed by atoms with Gasteiger partial charge in [0.25, 0.3) is 0 Å². The maximum atomic E-state index is 12.7. The molecule has 0 aliphatic heterocycles. The summed E-state index contributed by atoms with van der Waals surface area (Å²) in [5.41, 5.74) is 5.02. The average Bonchev–Trinajstić information content (AvgIpc) is 1.99. The van der Waals surface area contributed by atoms with Gasteiger partial charge >= 0.3 is 0 Å². The molecule has 0 aromatic rings. The molecule has 0 bridgehead atoms. The van der Waals surface area contributed by atoms with Crippen molar-refractivity contribution in [1.29, 1.82) is 0 Å². The van der Waals surface area contributed by atoms with E-state index in [9.17, 15) is 8.78 Å². The molecule has 1 unspecified atom stereocenters. The Morgan fingerprint density at radius 1 is 1.46 bits per heavy atom. The van der Waals surface area contributed by atoms with Crippen LogP contribution in [-0.4, -0.2) is 25.2 Å². The number of halogens is 2. The molecule has 0 saturated heterocycles. The Bertz CT molecular complexity index is 176. The van der Waals surface area contributed by atoms with Gasteiger partial charge in [-0.05, 0) is 13.8 Å². The molecule has 0 radical (unpaired) electrons. The van der Waals surface area contributed by atoms with Gasteiger partial charge in [-0.2, -0.15) is 0 Å². The Hall–Kier alpha value is -0.220. The van der Waals surface area contributed by atoms with Crippen LogP contribution < -0.4 is 5.73 Å². The van der Waals surface area contributed by atoms with E-state index in [4.69, 9.17) is 10.5 Å². The molecular formula is C9H17F2NO. The lowest BCUT2D eigenvalue weighted by molar-refractivity contribution is -0.201. The van der Waals surface area contributed by atoms with E-state index in [0.717, 1.165) is 0 Å². The fraction of sp³-hybridized carbons (Fsp3) is 1.00. The first-order valence-electron chi connectivity index (χ1n) is 4.65. The lowest BCUT2D eigenvalue weighted by Gasteiger charge is -2.50. The van der Waals surface area contributed by atoms with Crippen LogP contribution in [0.1, 0.15) is 26.7 Å². The van der Waals surface area contributed by atoms with Crippen molar-refractivity contribution in [2.45, 2.75) is 38.7 Å². The molecule has 13 heavy (non-hydrogen) atoms. The van der Waals surface area contributed by atoms with Crippen molar-refractivity contribution in [2.24, 2.45) is 11.1 Å². The number of ether oxygens (including phenoxy) is 1. The normalized spacial score (nSPS) is 26.5. The molecule has 4 heteroatoms. The molecule has 0 spiro atoms. The summed E-state index contributed by atoms with van der Waals surface area (Å²) >= 11 is 0. The van der Waals surface area contributed by atoms with Crippen LogP contribution in [0.4, 0.5) is 8.78 Å². The summed E-state index contributed by atoms with van der Waals surface area (Å²) in [6.07, 6.45) is -0.419. The number of hydrogen-bond acceptors (Lipinski definition) is 2. The van der Waals surface area contributed by atoms with Crippen molar-refractivity contribution in [2.75, 3.05) is 13.2 Å². The van der Waals surface area contributed by atoms with Gasteiger partial charge < -0.3 is 10.5 Å². The van der Waals surface area contributed by atoms with Crippen LogP contribution >= 0.6 is 0 Å². The Kier molecular flexibility index (Phi) is 2.92. The third-order valence-electron chi connectivity index (χ3n) is 2.91. The van der Waals surface area contributed by atoms with Crippen molar-refractivity contribution in [1.82, 2.24) is 0 Å². The fourth-order valence-electron chi connectivity index (χ4n) is 2.00. The van der Waals surface area contributed by atoms with Crippen LogP contribution in [0.3, 0.4) is 0 Å².